The van der Waals surface area contributed by atoms with Crippen LogP contribution < -0.4 is 11.1 Å². The Morgan fingerprint density at radius 3 is 2.69 bits per heavy atom. The summed E-state index contributed by atoms with van der Waals surface area (Å²) in [4.78, 5) is 11.9. The maximum absolute atomic E-state index is 11.9. The van der Waals surface area contributed by atoms with E-state index in [0.717, 1.165) is 18.4 Å². The maximum atomic E-state index is 11.9. The lowest BCUT2D eigenvalue weighted by Crippen LogP contribution is -2.39. The van der Waals surface area contributed by atoms with Gasteiger partial charge in [-0.05, 0) is 43.5 Å². The first-order chi connectivity index (χ1) is 7.54. The van der Waals surface area contributed by atoms with E-state index in [1.807, 2.05) is 13.0 Å². The van der Waals surface area contributed by atoms with E-state index < -0.39 is 0 Å². The fourth-order valence-electron chi connectivity index (χ4n) is 1.73. The Morgan fingerprint density at radius 1 is 1.50 bits per heavy atom. The van der Waals surface area contributed by atoms with Crippen LogP contribution in [0, 0.1) is 6.92 Å². The number of anilines is 1. The fourth-order valence-corrected chi connectivity index (χ4v) is 1.73. The standard InChI is InChI=1S/C12H16N2O2/c1-8-4-9(6-10(13)5-8)11(16)14-12(7-15)2-3-12/h4-6,15H,2-3,7,13H2,1H3,(H,14,16). The molecule has 1 amide bonds. The number of nitrogens with two attached hydrogens (primary N) is 1. The van der Waals surface area contributed by atoms with Crippen molar-refractivity contribution < 1.29 is 9.90 Å². The zero-order valence-corrected chi connectivity index (χ0v) is 9.29. The molecular weight excluding hydrogens is 204 g/mol. The second-order valence-corrected chi connectivity index (χ2v) is 4.52. The summed E-state index contributed by atoms with van der Waals surface area (Å²) in [6.07, 6.45) is 1.69. The van der Waals surface area contributed by atoms with Crippen LogP contribution in [0.25, 0.3) is 0 Å². The van der Waals surface area contributed by atoms with Crippen molar-refractivity contribution in [3.63, 3.8) is 0 Å². The Balaban J connectivity index is 2.14. The molecule has 0 bridgehead atoms. The fraction of sp³-hybridized carbons (Fsp3) is 0.417. The van der Waals surface area contributed by atoms with Gasteiger partial charge < -0.3 is 16.2 Å². The Morgan fingerprint density at radius 2 is 2.19 bits per heavy atom. The summed E-state index contributed by atoms with van der Waals surface area (Å²) in [7, 11) is 0. The molecule has 2 rings (SSSR count). The van der Waals surface area contributed by atoms with Gasteiger partial charge >= 0.3 is 0 Å². The molecule has 0 unspecified atom stereocenters. The maximum Gasteiger partial charge on any atom is 0.251 e. The number of carbonyl (C=O) groups excluding carboxylic acids is 1. The molecule has 4 nitrogen and oxygen atoms in total. The number of amides is 1. The van der Waals surface area contributed by atoms with Crippen molar-refractivity contribution in [3.8, 4) is 0 Å². The zero-order valence-electron chi connectivity index (χ0n) is 9.29. The molecule has 1 aromatic carbocycles. The van der Waals surface area contributed by atoms with E-state index in [1.54, 1.807) is 12.1 Å². The van der Waals surface area contributed by atoms with Crippen LogP contribution in [0.3, 0.4) is 0 Å². The smallest absolute Gasteiger partial charge is 0.251 e. The van der Waals surface area contributed by atoms with Crippen molar-refractivity contribution in [2.24, 2.45) is 0 Å². The van der Waals surface area contributed by atoms with Gasteiger partial charge in [0, 0.05) is 11.3 Å². The van der Waals surface area contributed by atoms with Crippen LogP contribution in [-0.2, 0) is 0 Å². The summed E-state index contributed by atoms with van der Waals surface area (Å²) in [6.45, 7) is 1.89. The Kier molecular flexibility index (Phi) is 2.59. The molecule has 0 aromatic heterocycles. The summed E-state index contributed by atoms with van der Waals surface area (Å²) in [5.41, 5.74) is 7.39. The number of hydrogen-bond donors (Lipinski definition) is 3. The van der Waals surface area contributed by atoms with Gasteiger partial charge in [0.05, 0.1) is 12.1 Å². The van der Waals surface area contributed by atoms with Gasteiger partial charge in [0.2, 0.25) is 0 Å². The third-order valence-corrected chi connectivity index (χ3v) is 2.90. The molecule has 0 saturated heterocycles. The minimum atomic E-state index is -0.379. The highest BCUT2D eigenvalue weighted by molar-refractivity contribution is 5.96. The number of nitrogen functional groups attached to an aromatic ring is 1. The molecule has 0 spiro atoms. The van der Waals surface area contributed by atoms with Crippen molar-refractivity contribution in [2.45, 2.75) is 25.3 Å². The second-order valence-electron chi connectivity index (χ2n) is 4.52. The summed E-state index contributed by atoms with van der Waals surface area (Å²) >= 11 is 0. The average Bonchev–Trinajstić information content (AvgIpc) is 2.97. The van der Waals surface area contributed by atoms with Gasteiger partial charge in [0.15, 0.2) is 0 Å². The Labute approximate surface area is 94.5 Å². The molecule has 4 heteroatoms. The number of aryl methyl sites for hydroxylation is 1. The lowest BCUT2D eigenvalue weighted by atomic mass is 10.1. The van der Waals surface area contributed by atoms with Crippen LogP contribution in [0.5, 0.6) is 0 Å². The van der Waals surface area contributed by atoms with E-state index >= 15 is 0 Å². The van der Waals surface area contributed by atoms with Crippen LogP contribution in [0.1, 0.15) is 28.8 Å². The van der Waals surface area contributed by atoms with E-state index in [-0.39, 0.29) is 18.1 Å². The minimum Gasteiger partial charge on any atom is -0.399 e. The molecule has 1 aliphatic rings. The van der Waals surface area contributed by atoms with Crippen molar-refractivity contribution >= 4 is 11.6 Å². The van der Waals surface area contributed by atoms with Gasteiger partial charge in [0.1, 0.15) is 0 Å². The molecule has 4 N–H and O–H groups in total. The summed E-state index contributed by atoms with van der Waals surface area (Å²) < 4.78 is 0. The number of nitrogens with one attached hydrogen (secondary N) is 1. The number of aliphatic hydroxyl groups excluding tert-OH is 1. The number of rotatable bonds is 3. The highest BCUT2D eigenvalue weighted by atomic mass is 16.3. The third-order valence-electron chi connectivity index (χ3n) is 2.90. The molecular formula is C12H16N2O2. The molecule has 16 heavy (non-hydrogen) atoms. The minimum absolute atomic E-state index is 0.0000376. The average molecular weight is 220 g/mol. The van der Waals surface area contributed by atoms with E-state index in [2.05, 4.69) is 5.32 Å². The first-order valence-electron chi connectivity index (χ1n) is 5.35. The van der Waals surface area contributed by atoms with Crippen molar-refractivity contribution in [1.29, 1.82) is 0 Å². The van der Waals surface area contributed by atoms with E-state index in [1.165, 1.54) is 0 Å². The lowest BCUT2D eigenvalue weighted by molar-refractivity contribution is 0.0907. The molecule has 0 aliphatic heterocycles. The topological polar surface area (TPSA) is 75.4 Å². The first kappa shape index (κ1) is 11.0. The molecule has 0 radical (unpaired) electrons. The van der Waals surface area contributed by atoms with E-state index in [0.29, 0.717) is 11.3 Å². The highest BCUT2D eigenvalue weighted by Gasteiger charge is 2.43. The van der Waals surface area contributed by atoms with Crippen molar-refractivity contribution in [2.75, 3.05) is 12.3 Å². The molecule has 0 heterocycles. The van der Waals surface area contributed by atoms with Gasteiger partial charge in [-0.1, -0.05) is 0 Å². The highest BCUT2D eigenvalue weighted by Crippen LogP contribution is 2.34. The number of benzene rings is 1. The van der Waals surface area contributed by atoms with Crippen LogP contribution in [0.4, 0.5) is 5.69 Å². The third kappa shape index (κ3) is 2.17. The van der Waals surface area contributed by atoms with Gasteiger partial charge in [-0.3, -0.25) is 4.79 Å². The summed E-state index contributed by atoms with van der Waals surface area (Å²) in [5, 5.41) is 12.0. The van der Waals surface area contributed by atoms with Gasteiger partial charge in [-0.2, -0.15) is 0 Å². The normalized spacial score (nSPS) is 16.9. The Hall–Kier alpha value is -1.55. The summed E-state index contributed by atoms with van der Waals surface area (Å²) in [5.74, 6) is -0.165. The second kappa shape index (κ2) is 3.79. The van der Waals surface area contributed by atoms with Crippen molar-refractivity contribution in [3.05, 3.63) is 29.3 Å². The van der Waals surface area contributed by atoms with Crippen molar-refractivity contribution in [1.82, 2.24) is 5.32 Å². The quantitative estimate of drug-likeness (QED) is 0.660. The number of hydrogen-bond acceptors (Lipinski definition) is 3. The first-order valence-corrected chi connectivity index (χ1v) is 5.35. The lowest BCUT2D eigenvalue weighted by Gasteiger charge is -2.14. The van der Waals surface area contributed by atoms with Crippen LogP contribution >= 0.6 is 0 Å². The molecule has 1 aliphatic carbocycles. The van der Waals surface area contributed by atoms with Crippen LogP contribution in [0.15, 0.2) is 18.2 Å². The monoisotopic (exact) mass is 220 g/mol. The van der Waals surface area contributed by atoms with Gasteiger partial charge in [0.25, 0.3) is 5.91 Å². The molecule has 1 saturated carbocycles. The van der Waals surface area contributed by atoms with Crippen LogP contribution in [0.2, 0.25) is 0 Å². The van der Waals surface area contributed by atoms with Gasteiger partial charge in [-0.25, -0.2) is 0 Å². The predicted octanol–water partition coefficient (Wildman–Crippen LogP) is 0.832. The van der Waals surface area contributed by atoms with Gasteiger partial charge in [-0.15, -0.1) is 0 Å². The zero-order chi connectivity index (χ0) is 11.8. The molecule has 1 aromatic rings. The van der Waals surface area contributed by atoms with Crippen LogP contribution in [-0.4, -0.2) is 23.2 Å². The number of carbonyl (C=O) groups is 1. The number of aliphatic hydroxyl groups is 1. The summed E-state index contributed by atoms with van der Waals surface area (Å²) in [6, 6.07) is 5.25. The molecule has 86 valence electrons. The predicted molar refractivity (Wildman–Crippen MR) is 62.1 cm³/mol. The SMILES string of the molecule is Cc1cc(N)cc(C(=O)NC2(CO)CC2)c1. The molecule has 0 atom stereocenters. The Bertz CT molecular complexity index is 405. The molecule has 1 fully saturated rings. The largest absolute Gasteiger partial charge is 0.399 e. The van der Waals surface area contributed by atoms with E-state index in [4.69, 9.17) is 10.8 Å². The van der Waals surface area contributed by atoms with E-state index in [9.17, 15) is 4.79 Å².